The largest absolute Gasteiger partial charge is 0.454 e. The lowest BCUT2D eigenvalue weighted by molar-refractivity contribution is 0.174. The SMILES string of the molecule is CCCn1cnc(=O)c2ccc(N3CCN(Cc4ccc5c(c4)OCO5)CC3)nc21. The van der Waals surface area contributed by atoms with Crippen LogP contribution in [0.15, 0.2) is 41.5 Å². The summed E-state index contributed by atoms with van der Waals surface area (Å²) in [7, 11) is 0. The van der Waals surface area contributed by atoms with Gasteiger partial charge in [0, 0.05) is 39.3 Å². The van der Waals surface area contributed by atoms with Crippen molar-refractivity contribution in [2.24, 2.45) is 0 Å². The van der Waals surface area contributed by atoms with Gasteiger partial charge < -0.3 is 18.9 Å². The van der Waals surface area contributed by atoms with Gasteiger partial charge in [-0.15, -0.1) is 0 Å². The van der Waals surface area contributed by atoms with Gasteiger partial charge in [-0.25, -0.2) is 4.98 Å². The van der Waals surface area contributed by atoms with Crippen LogP contribution >= 0.6 is 0 Å². The first-order valence-corrected chi connectivity index (χ1v) is 10.4. The van der Waals surface area contributed by atoms with Gasteiger partial charge in [-0.1, -0.05) is 13.0 Å². The van der Waals surface area contributed by atoms with Crippen molar-refractivity contribution in [3.8, 4) is 11.5 Å². The molecule has 0 atom stereocenters. The Hall–Kier alpha value is -3.13. The van der Waals surface area contributed by atoms with Gasteiger partial charge in [0.05, 0.1) is 5.39 Å². The molecule has 1 fully saturated rings. The number of aromatic nitrogens is 3. The molecular weight excluding hydrogens is 382 g/mol. The molecule has 0 unspecified atom stereocenters. The molecule has 1 aromatic carbocycles. The number of piperazine rings is 1. The van der Waals surface area contributed by atoms with Crippen molar-refractivity contribution in [2.75, 3.05) is 37.9 Å². The Morgan fingerprint density at radius 3 is 2.70 bits per heavy atom. The van der Waals surface area contributed by atoms with Crippen molar-refractivity contribution < 1.29 is 9.47 Å². The lowest BCUT2D eigenvalue weighted by atomic mass is 10.1. The maximum Gasteiger partial charge on any atom is 0.282 e. The van der Waals surface area contributed by atoms with Crippen molar-refractivity contribution in [1.29, 1.82) is 0 Å². The number of rotatable bonds is 5. The highest BCUT2D eigenvalue weighted by atomic mass is 16.7. The van der Waals surface area contributed by atoms with Crippen molar-refractivity contribution >= 4 is 16.9 Å². The highest BCUT2D eigenvalue weighted by Crippen LogP contribution is 2.33. The number of ether oxygens (including phenoxy) is 2. The van der Waals surface area contributed by atoms with Crippen LogP contribution < -0.4 is 19.9 Å². The molecule has 1 saturated heterocycles. The molecule has 4 heterocycles. The fourth-order valence-electron chi connectivity index (χ4n) is 4.08. The van der Waals surface area contributed by atoms with Crippen LogP contribution in [-0.4, -0.2) is 52.4 Å². The minimum absolute atomic E-state index is 0.218. The summed E-state index contributed by atoms with van der Waals surface area (Å²) in [6.07, 6.45) is 2.57. The van der Waals surface area contributed by atoms with Gasteiger partial charge >= 0.3 is 0 Å². The number of benzene rings is 1. The van der Waals surface area contributed by atoms with Gasteiger partial charge in [-0.3, -0.25) is 9.69 Å². The van der Waals surface area contributed by atoms with E-state index in [1.54, 1.807) is 6.33 Å². The molecule has 156 valence electrons. The average molecular weight is 407 g/mol. The Kier molecular flexibility index (Phi) is 5.00. The summed E-state index contributed by atoms with van der Waals surface area (Å²) >= 11 is 0. The second kappa shape index (κ2) is 7.95. The molecule has 0 radical (unpaired) electrons. The van der Waals surface area contributed by atoms with Crippen LogP contribution in [0.5, 0.6) is 11.5 Å². The van der Waals surface area contributed by atoms with Crippen molar-refractivity contribution in [1.82, 2.24) is 19.4 Å². The van der Waals surface area contributed by atoms with Crippen molar-refractivity contribution in [2.45, 2.75) is 26.4 Å². The number of aryl methyl sites for hydroxylation is 1. The van der Waals surface area contributed by atoms with Crippen LogP contribution in [0.3, 0.4) is 0 Å². The van der Waals surface area contributed by atoms with Gasteiger partial charge in [0.15, 0.2) is 11.5 Å². The summed E-state index contributed by atoms with van der Waals surface area (Å²) in [6, 6.07) is 9.96. The molecular formula is C22H25N5O3. The number of pyridine rings is 1. The van der Waals surface area contributed by atoms with Crippen LogP contribution in [-0.2, 0) is 13.1 Å². The monoisotopic (exact) mass is 407 g/mol. The van der Waals surface area contributed by atoms with Crippen LogP contribution in [0.2, 0.25) is 0 Å². The molecule has 8 nitrogen and oxygen atoms in total. The quantitative estimate of drug-likeness (QED) is 0.642. The lowest BCUT2D eigenvalue weighted by Gasteiger charge is -2.35. The van der Waals surface area contributed by atoms with Crippen LogP contribution in [0.25, 0.3) is 11.0 Å². The van der Waals surface area contributed by atoms with Crippen LogP contribution in [0.4, 0.5) is 5.82 Å². The number of hydrogen-bond donors (Lipinski definition) is 0. The van der Waals surface area contributed by atoms with Crippen LogP contribution in [0.1, 0.15) is 18.9 Å². The highest BCUT2D eigenvalue weighted by Gasteiger charge is 2.20. The molecule has 0 amide bonds. The first kappa shape index (κ1) is 18.9. The molecule has 0 N–H and O–H groups in total. The molecule has 30 heavy (non-hydrogen) atoms. The summed E-state index contributed by atoms with van der Waals surface area (Å²) < 4.78 is 12.8. The smallest absolute Gasteiger partial charge is 0.282 e. The third-order valence-electron chi connectivity index (χ3n) is 5.68. The standard InChI is InChI=1S/C22H25N5O3/c1-2-7-27-14-23-22(28)17-4-6-20(24-21(17)27)26-10-8-25(9-11-26)13-16-3-5-18-19(12-16)30-15-29-18/h3-6,12,14H,2,7-11,13,15H2,1H3. The van der Waals surface area contributed by atoms with E-state index in [0.29, 0.717) is 12.2 Å². The van der Waals surface area contributed by atoms with E-state index in [2.05, 4.69) is 33.8 Å². The molecule has 0 bridgehead atoms. The predicted molar refractivity (Wildman–Crippen MR) is 114 cm³/mol. The van der Waals surface area contributed by atoms with E-state index < -0.39 is 0 Å². The van der Waals surface area contributed by atoms with Gasteiger partial charge in [-0.2, -0.15) is 4.98 Å². The summed E-state index contributed by atoms with van der Waals surface area (Å²) in [5, 5.41) is 0.580. The molecule has 2 aromatic heterocycles. The Labute approximate surface area is 174 Å². The molecule has 8 heteroatoms. The maximum absolute atomic E-state index is 12.1. The number of nitrogens with zero attached hydrogens (tertiary/aromatic N) is 5. The second-order valence-corrected chi connectivity index (χ2v) is 7.73. The zero-order valence-corrected chi connectivity index (χ0v) is 17.1. The fraction of sp³-hybridized carbons (Fsp3) is 0.409. The third kappa shape index (κ3) is 3.59. The minimum Gasteiger partial charge on any atom is -0.454 e. The lowest BCUT2D eigenvalue weighted by Crippen LogP contribution is -2.46. The fourth-order valence-corrected chi connectivity index (χ4v) is 4.08. The van der Waals surface area contributed by atoms with E-state index in [-0.39, 0.29) is 5.56 Å². The number of hydrogen-bond acceptors (Lipinski definition) is 7. The van der Waals surface area contributed by atoms with Gasteiger partial charge in [0.2, 0.25) is 6.79 Å². The summed E-state index contributed by atoms with van der Waals surface area (Å²) in [5.41, 5.74) is 1.73. The Morgan fingerprint density at radius 2 is 1.87 bits per heavy atom. The van der Waals surface area contributed by atoms with E-state index in [1.165, 1.54) is 5.56 Å². The number of fused-ring (bicyclic) bond motifs is 2. The topological polar surface area (TPSA) is 72.7 Å². The normalized spacial score (nSPS) is 16.4. The molecule has 2 aliphatic heterocycles. The molecule has 0 aliphatic carbocycles. The Morgan fingerprint density at radius 1 is 1.03 bits per heavy atom. The van der Waals surface area contributed by atoms with E-state index >= 15 is 0 Å². The molecule has 0 spiro atoms. The zero-order valence-electron chi connectivity index (χ0n) is 17.1. The number of anilines is 1. The Balaban J connectivity index is 1.29. The molecule has 5 rings (SSSR count). The van der Waals surface area contributed by atoms with Crippen molar-refractivity contribution in [3.05, 3.63) is 52.6 Å². The van der Waals surface area contributed by atoms with E-state index in [1.807, 2.05) is 22.8 Å². The highest BCUT2D eigenvalue weighted by molar-refractivity contribution is 5.76. The van der Waals surface area contributed by atoms with Crippen molar-refractivity contribution in [3.63, 3.8) is 0 Å². The van der Waals surface area contributed by atoms with E-state index in [9.17, 15) is 4.79 Å². The van der Waals surface area contributed by atoms with Gasteiger partial charge in [0.1, 0.15) is 17.8 Å². The Bertz CT molecular complexity index is 1120. The minimum atomic E-state index is -0.218. The predicted octanol–water partition coefficient (Wildman–Crippen LogP) is 2.25. The zero-order chi connectivity index (χ0) is 20.5. The van der Waals surface area contributed by atoms with Crippen LogP contribution in [0, 0.1) is 0 Å². The van der Waals surface area contributed by atoms with Gasteiger partial charge in [0.25, 0.3) is 5.56 Å². The molecule has 2 aliphatic rings. The summed E-state index contributed by atoms with van der Waals surface area (Å²) in [4.78, 5) is 25.6. The average Bonchev–Trinajstić information content (AvgIpc) is 3.24. The van der Waals surface area contributed by atoms with Gasteiger partial charge in [-0.05, 0) is 36.2 Å². The summed E-state index contributed by atoms with van der Waals surface area (Å²) in [6.45, 7) is 7.78. The molecule has 3 aromatic rings. The third-order valence-corrected chi connectivity index (χ3v) is 5.68. The second-order valence-electron chi connectivity index (χ2n) is 7.73. The first-order valence-electron chi connectivity index (χ1n) is 10.4. The summed E-state index contributed by atoms with van der Waals surface area (Å²) in [5.74, 6) is 2.57. The van der Waals surface area contributed by atoms with E-state index in [4.69, 9.17) is 14.5 Å². The first-order chi connectivity index (χ1) is 14.7. The maximum atomic E-state index is 12.1. The van der Waals surface area contributed by atoms with E-state index in [0.717, 1.165) is 68.7 Å². The molecule has 0 saturated carbocycles.